The van der Waals surface area contributed by atoms with Crippen molar-refractivity contribution in [2.45, 2.75) is 26.2 Å². The highest BCUT2D eigenvalue weighted by Crippen LogP contribution is 2.37. The summed E-state index contributed by atoms with van der Waals surface area (Å²) < 4.78 is 32.6. The zero-order valence-corrected chi connectivity index (χ0v) is 17.2. The lowest BCUT2D eigenvalue weighted by Crippen LogP contribution is -2.25. The molecule has 2 heterocycles. The van der Waals surface area contributed by atoms with Gasteiger partial charge in [-0.15, -0.1) is 0 Å². The van der Waals surface area contributed by atoms with E-state index in [1.807, 2.05) is 30.3 Å². The second-order valence-electron chi connectivity index (χ2n) is 7.81. The third-order valence-corrected chi connectivity index (χ3v) is 7.69. The van der Waals surface area contributed by atoms with E-state index in [2.05, 4.69) is 37.3 Å². The molecule has 0 aromatic heterocycles. The van der Waals surface area contributed by atoms with Gasteiger partial charge in [-0.1, -0.05) is 42.5 Å². The normalized spacial score (nSPS) is 18.4. The second kappa shape index (κ2) is 6.92. The van der Waals surface area contributed by atoms with Crippen molar-refractivity contribution in [3.63, 3.8) is 0 Å². The molecule has 4 nitrogen and oxygen atoms in total. The van der Waals surface area contributed by atoms with Crippen molar-refractivity contribution in [2.24, 2.45) is 0 Å². The zero-order chi connectivity index (χ0) is 20.0. The zero-order valence-electron chi connectivity index (χ0n) is 16.4. The Kier molecular flexibility index (Phi) is 4.36. The van der Waals surface area contributed by atoms with Gasteiger partial charge in [0.05, 0.1) is 11.4 Å². The number of allylic oxidation sites excluding steroid dienone is 1. The van der Waals surface area contributed by atoms with Crippen molar-refractivity contribution in [1.29, 1.82) is 0 Å². The minimum absolute atomic E-state index is 0.215. The predicted molar refractivity (Wildman–Crippen MR) is 118 cm³/mol. The van der Waals surface area contributed by atoms with E-state index in [4.69, 9.17) is 4.74 Å². The SMILES string of the molecule is CC1=C(c2ccc3ccccc3c2)Oc2cc(N3CCCS3(=O)=O)ccc2CC1. The number of nitrogens with zero attached hydrogens (tertiary/aromatic N) is 1. The fourth-order valence-electron chi connectivity index (χ4n) is 4.20. The lowest BCUT2D eigenvalue weighted by molar-refractivity contribution is 0.510. The van der Waals surface area contributed by atoms with E-state index >= 15 is 0 Å². The molecule has 2 aliphatic heterocycles. The summed E-state index contributed by atoms with van der Waals surface area (Å²) in [6, 6.07) is 20.5. The summed E-state index contributed by atoms with van der Waals surface area (Å²) in [5.74, 6) is 1.84. The average Bonchev–Trinajstić information content (AvgIpc) is 2.99. The number of ether oxygens (including phenoxy) is 1. The first-order valence-electron chi connectivity index (χ1n) is 10.0. The standard InChI is InChI=1S/C24H23NO3S/c1-17-7-8-19-11-12-22(25-13-4-14-29(25,26)27)16-23(19)28-24(17)21-10-9-18-5-2-3-6-20(18)15-21/h2-3,5-6,9-12,15-16H,4,7-8,13-14H2,1H3. The number of fused-ring (bicyclic) bond motifs is 2. The van der Waals surface area contributed by atoms with Crippen LogP contribution in [0, 0.1) is 0 Å². The van der Waals surface area contributed by atoms with E-state index in [-0.39, 0.29) is 5.75 Å². The van der Waals surface area contributed by atoms with Gasteiger partial charge in [-0.2, -0.15) is 0 Å². The Bertz CT molecular complexity index is 1240. The molecule has 5 heteroatoms. The molecule has 0 unspecified atom stereocenters. The van der Waals surface area contributed by atoms with Gasteiger partial charge in [-0.05, 0) is 60.2 Å². The third kappa shape index (κ3) is 3.29. The molecular formula is C24H23NO3S. The number of anilines is 1. The smallest absolute Gasteiger partial charge is 0.235 e. The summed E-state index contributed by atoms with van der Waals surface area (Å²) in [4.78, 5) is 0. The molecule has 148 valence electrons. The molecule has 0 radical (unpaired) electrons. The summed E-state index contributed by atoms with van der Waals surface area (Å²) in [5, 5.41) is 2.38. The van der Waals surface area contributed by atoms with Crippen LogP contribution in [0.1, 0.15) is 30.9 Å². The second-order valence-corrected chi connectivity index (χ2v) is 9.82. The van der Waals surface area contributed by atoms with Gasteiger partial charge in [0.2, 0.25) is 10.0 Å². The van der Waals surface area contributed by atoms with E-state index in [0.717, 1.165) is 35.5 Å². The van der Waals surface area contributed by atoms with Gasteiger partial charge >= 0.3 is 0 Å². The molecule has 0 bridgehead atoms. The lowest BCUT2D eigenvalue weighted by atomic mass is 10.0. The topological polar surface area (TPSA) is 46.6 Å². The third-order valence-electron chi connectivity index (χ3n) is 5.82. The van der Waals surface area contributed by atoms with Crippen LogP contribution in [0.15, 0.2) is 66.2 Å². The summed E-state index contributed by atoms with van der Waals surface area (Å²) in [7, 11) is -3.21. The highest BCUT2D eigenvalue weighted by Gasteiger charge is 2.29. The van der Waals surface area contributed by atoms with Crippen molar-refractivity contribution < 1.29 is 13.2 Å². The van der Waals surface area contributed by atoms with E-state index in [1.165, 1.54) is 20.7 Å². The fraction of sp³-hybridized carbons (Fsp3) is 0.250. The van der Waals surface area contributed by atoms with Gasteiger partial charge in [0, 0.05) is 18.2 Å². The molecule has 5 rings (SSSR count). The molecule has 1 fully saturated rings. The Labute approximate surface area is 171 Å². The van der Waals surface area contributed by atoms with E-state index < -0.39 is 10.0 Å². The maximum Gasteiger partial charge on any atom is 0.235 e. The molecule has 2 aliphatic rings. The van der Waals surface area contributed by atoms with Crippen LogP contribution in [-0.2, 0) is 16.4 Å². The molecule has 29 heavy (non-hydrogen) atoms. The average molecular weight is 406 g/mol. The molecular weight excluding hydrogens is 382 g/mol. The van der Waals surface area contributed by atoms with E-state index in [0.29, 0.717) is 18.7 Å². The summed E-state index contributed by atoms with van der Waals surface area (Å²) in [6.45, 7) is 2.65. The molecule has 0 saturated carbocycles. The molecule has 0 N–H and O–H groups in total. The van der Waals surface area contributed by atoms with Crippen LogP contribution < -0.4 is 9.04 Å². The van der Waals surface area contributed by atoms with Gasteiger partial charge in [-0.25, -0.2) is 8.42 Å². The molecule has 0 aliphatic carbocycles. The predicted octanol–water partition coefficient (Wildman–Crippen LogP) is 5.14. The monoisotopic (exact) mass is 405 g/mol. The Morgan fingerprint density at radius 2 is 1.76 bits per heavy atom. The van der Waals surface area contributed by atoms with Gasteiger partial charge < -0.3 is 4.74 Å². The Morgan fingerprint density at radius 1 is 0.931 bits per heavy atom. The van der Waals surface area contributed by atoms with Gasteiger partial charge in [-0.3, -0.25) is 4.31 Å². The van der Waals surface area contributed by atoms with Gasteiger partial charge in [0.1, 0.15) is 11.5 Å². The van der Waals surface area contributed by atoms with Crippen LogP contribution in [0.3, 0.4) is 0 Å². The molecule has 0 atom stereocenters. The van der Waals surface area contributed by atoms with Crippen LogP contribution in [0.2, 0.25) is 0 Å². The van der Waals surface area contributed by atoms with Crippen LogP contribution in [0.4, 0.5) is 5.69 Å². The molecule has 3 aromatic carbocycles. The van der Waals surface area contributed by atoms with E-state index in [9.17, 15) is 8.42 Å². The van der Waals surface area contributed by atoms with Gasteiger partial charge in [0.25, 0.3) is 0 Å². The van der Waals surface area contributed by atoms with Crippen molar-refractivity contribution >= 4 is 32.2 Å². The van der Waals surface area contributed by atoms with Crippen LogP contribution in [-0.4, -0.2) is 20.7 Å². The summed E-state index contributed by atoms with van der Waals surface area (Å²) >= 11 is 0. The number of aryl methyl sites for hydroxylation is 1. The minimum atomic E-state index is -3.21. The van der Waals surface area contributed by atoms with Crippen molar-refractivity contribution in [1.82, 2.24) is 0 Å². The van der Waals surface area contributed by atoms with Crippen LogP contribution in [0.25, 0.3) is 16.5 Å². The lowest BCUT2D eigenvalue weighted by Gasteiger charge is -2.19. The van der Waals surface area contributed by atoms with Gasteiger partial charge in [0.15, 0.2) is 0 Å². The van der Waals surface area contributed by atoms with E-state index in [1.54, 1.807) is 0 Å². The number of hydrogen-bond donors (Lipinski definition) is 0. The van der Waals surface area contributed by atoms with Crippen molar-refractivity contribution in [3.8, 4) is 5.75 Å². The molecule has 0 spiro atoms. The molecule has 0 amide bonds. The fourth-order valence-corrected chi connectivity index (χ4v) is 5.75. The maximum absolute atomic E-state index is 12.3. The quantitative estimate of drug-likeness (QED) is 0.593. The highest BCUT2D eigenvalue weighted by atomic mass is 32.2. The first kappa shape index (κ1) is 18.3. The number of hydrogen-bond acceptors (Lipinski definition) is 3. The first-order chi connectivity index (χ1) is 14.0. The van der Waals surface area contributed by atoms with Crippen LogP contribution in [0.5, 0.6) is 5.75 Å². The Balaban J connectivity index is 1.55. The highest BCUT2D eigenvalue weighted by molar-refractivity contribution is 7.93. The summed E-state index contributed by atoms with van der Waals surface area (Å²) in [6.07, 6.45) is 2.46. The number of rotatable bonds is 2. The first-order valence-corrected chi connectivity index (χ1v) is 11.6. The van der Waals surface area contributed by atoms with Crippen molar-refractivity contribution in [2.75, 3.05) is 16.6 Å². The number of sulfonamides is 1. The minimum Gasteiger partial charge on any atom is -0.456 e. The Hall–Kier alpha value is -2.79. The van der Waals surface area contributed by atoms with Crippen LogP contribution >= 0.6 is 0 Å². The molecule has 1 saturated heterocycles. The Morgan fingerprint density at radius 3 is 2.55 bits per heavy atom. The maximum atomic E-state index is 12.3. The largest absolute Gasteiger partial charge is 0.456 e. The summed E-state index contributed by atoms with van der Waals surface area (Å²) in [5.41, 5.74) is 4.05. The molecule has 3 aromatic rings. The number of benzene rings is 3. The van der Waals surface area contributed by atoms with Crippen molar-refractivity contribution in [3.05, 3.63) is 77.4 Å².